The molecule has 2 N–H and O–H groups in total. The maximum absolute atomic E-state index is 13.1. The first-order chi connectivity index (χ1) is 15.4. The van der Waals surface area contributed by atoms with Gasteiger partial charge >= 0.3 is 0 Å². The molecule has 6 heteroatoms. The van der Waals surface area contributed by atoms with E-state index in [9.17, 15) is 14.4 Å². The van der Waals surface area contributed by atoms with E-state index in [-0.39, 0.29) is 23.5 Å². The quantitative estimate of drug-likeness (QED) is 0.483. The standard InChI is InChI=1S/C26H34N2O3S/c1-19(2)16-23(27-25(30)15-14-20-10-6-4-7-11-20)26(31)28-22(24(29)18-32-3)17-21-12-8-5-9-13-21/h4-13,19,22-23H,14-18H2,1-3H3,(H,27,30)(H,28,31)/t22-,23-/m0/s1. The molecule has 0 saturated carbocycles. The topological polar surface area (TPSA) is 75.3 Å². The van der Waals surface area contributed by atoms with Crippen LogP contribution in [0.1, 0.15) is 37.8 Å². The highest BCUT2D eigenvalue weighted by Gasteiger charge is 2.27. The van der Waals surface area contributed by atoms with Crippen molar-refractivity contribution in [2.45, 2.75) is 51.6 Å². The molecular weight excluding hydrogens is 420 g/mol. The minimum atomic E-state index is -0.668. The summed E-state index contributed by atoms with van der Waals surface area (Å²) in [6.07, 6.45) is 3.74. The molecule has 0 saturated heterocycles. The molecule has 0 aromatic heterocycles. The lowest BCUT2D eigenvalue weighted by Gasteiger charge is -2.24. The highest BCUT2D eigenvalue weighted by Crippen LogP contribution is 2.10. The highest BCUT2D eigenvalue weighted by molar-refractivity contribution is 7.99. The van der Waals surface area contributed by atoms with Gasteiger partial charge in [-0.15, -0.1) is 0 Å². The predicted molar refractivity (Wildman–Crippen MR) is 132 cm³/mol. The zero-order chi connectivity index (χ0) is 23.3. The molecule has 2 aromatic rings. The van der Waals surface area contributed by atoms with Gasteiger partial charge in [-0.05, 0) is 42.6 Å². The van der Waals surface area contributed by atoms with Crippen molar-refractivity contribution in [3.05, 3.63) is 71.8 Å². The lowest BCUT2D eigenvalue weighted by atomic mass is 9.99. The van der Waals surface area contributed by atoms with E-state index in [1.807, 2.05) is 80.8 Å². The van der Waals surface area contributed by atoms with E-state index in [1.54, 1.807) is 0 Å². The Morgan fingerprint density at radius 2 is 1.44 bits per heavy atom. The van der Waals surface area contributed by atoms with Crippen molar-refractivity contribution in [2.24, 2.45) is 5.92 Å². The van der Waals surface area contributed by atoms with Crippen LogP contribution in [0.3, 0.4) is 0 Å². The van der Waals surface area contributed by atoms with Crippen molar-refractivity contribution in [3.63, 3.8) is 0 Å². The number of hydrogen-bond acceptors (Lipinski definition) is 4. The van der Waals surface area contributed by atoms with Crippen LogP contribution in [0.2, 0.25) is 0 Å². The average Bonchev–Trinajstić information content (AvgIpc) is 2.78. The van der Waals surface area contributed by atoms with Gasteiger partial charge in [0.25, 0.3) is 0 Å². The number of ketones is 1. The van der Waals surface area contributed by atoms with E-state index >= 15 is 0 Å². The van der Waals surface area contributed by atoms with Gasteiger partial charge in [0.15, 0.2) is 5.78 Å². The van der Waals surface area contributed by atoms with Crippen LogP contribution in [0.15, 0.2) is 60.7 Å². The van der Waals surface area contributed by atoms with Crippen molar-refractivity contribution in [3.8, 4) is 0 Å². The first-order valence-corrected chi connectivity index (χ1v) is 12.5. The average molecular weight is 455 g/mol. The molecule has 0 heterocycles. The molecule has 2 rings (SSSR count). The molecule has 0 spiro atoms. The van der Waals surface area contributed by atoms with E-state index in [2.05, 4.69) is 10.6 Å². The predicted octanol–water partition coefficient (Wildman–Crippen LogP) is 3.81. The molecule has 172 valence electrons. The van der Waals surface area contributed by atoms with E-state index < -0.39 is 12.1 Å². The maximum Gasteiger partial charge on any atom is 0.243 e. The van der Waals surface area contributed by atoms with Gasteiger partial charge in [0.1, 0.15) is 6.04 Å². The number of carbonyl (C=O) groups excluding carboxylic acids is 3. The fourth-order valence-corrected chi connectivity index (χ4v) is 3.97. The van der Waals surface area contributed by atoms with Crippen LogP contribution in [-0.4, -0.2) is 41.7 Å². The molecular formula is C26H34N2O3S. The summed E-state index contributed by atoms with van der Waals surface area (Å²) in [5.74, 6) is 0.0608. The summed E-state index contributed by atoms with van der Waals surface area (Å²) >= 11 is 1.44. The monoisotopic (exact) mass is 454 g/mol. The number of nitrogens with one attached hydrogen (secondary N) is 2. The molecule has 0 radical (unpaired) electrons. The first kappa shape index (κ1) is 25.7. The Kier molecular flexibility index (Phi) is 11.0. The Morgan fingerprint density at radius 3 is 2.00 bits per heavy atom. The fourth-order valence-electron chi connectivity index (χ4n) is 3.48. The van der Waals surface area contributed by atoms with Gasteiger partial charge in [0.2, 0.25) is 11.8 Å². The second kappa shape index (κ2) is 13.7. The Hall–Kier alpha value is -2.60. The zero-order valence-electron chi connectivity index (χ0n) is 19.2. The van der Waals surface area contributed by atoms with Crippen molar-refractivity contribution >= 4 is 29.4 Å². The number of thioether (sulfide) groups is 1. The Labute approximate surface area is 195 Å². The van der Waals surface area contributed by atoms with E-state index in [1.165, 1.54) is 11.8 Å². The minimum Gasteiger partial charge on any atom is -0.344 e. The van der Waals surface area contributed by atoms with Gasteiger partial charge in [-0.2, -0.15) is 11.8 Å². The third-order valence-electron chi connectivity index (χ3n) is 5.12. The van der Waals surface area contributed by atoms with Crippen LogP contribution in [0, 0.1) is 5.92 Å². The third kappa shape index (κ3) is 9.27. The number of hydrogen-bond donors (Lipinski definition) is 2. The number of amides is 2. The van der Waals surface area contributed by atoms with Crippen LogP contribution in [-0.2, 0) is 27.2 Å². The molecule has 0 aliphatic rings. The molecule has 0 aliphatic carbocycles. The van der Waals surface area contributed by atoms with Crippen molar-refractivity contribution in [1.82, 2.24) is 10.6 Å². The largest absolute Gasteiger partial charge is 0.344 e. The molecule has 5 nitrogen and oxygen atoms in total. The van der Waals surface area contributed by atoms with Crippen LogP contribution < -0.4 is 10.6 Å². The number of benzene rings is 2. The molecule has 0 aliphatic heterocycles. The Morgan fingerprint density at radius 1 is 0.844 bits per heavy atom. The summed E-state index contributed by atoms with van der Waals surface area (Å²) < 4.78 is 0. The zero-order valence-corrected chi connectivity index (χ0v) is 20.0. The number of Topliss-reactive ketones (excluding diaryl/α,β-unsaturated/α-hetero) is 1. The van der Waals surface area contributed by atoms with Crippen LogP contribution in [0.25, 0.3) is 0 Å². The minimum absolute atomic E-state index is 0.0200. The molecule has 2 amide bonds. The van der Waals surface area contributed by atoms with Crippen LogP contribution >= 0.6 is 11.8 Å². The normalized spacial score (nSPS) is 12.8. The first-order valence-electron chi connectivity index (χ1n) is 11.1. The second-order valence-corrected chi connectivity index (χ2v) is 9.25. The van der Waals surface area contributed by atoms with E-state index in [0.717, 1.165) is 11.1 Å². The summed E-state index contributed by atoms with van der Waals surface area (Å²) in [5, 5.41) is 5.81. The molecule has 0 fully saturated rings. The van der Waals surface area contributed by atoms with Gasteiger partial charge in [0, 0.05) is 6.42 Å². The lowest BCUT2D eigenvalue weighted by molar-refractivity contribution is -0.131. The van der Waals surface area contributed by atoms with Crippen molar-refractivity contribution in [2.75, 3.05) is 12.0 Å². The van der Waals surface area contributed by atoms with Crippen LogP contribution in [0.4, 0.5) is 0 Å². The Bertz CT molecular complexity index is 856. The number of aryl methyl sites for hydroxylation is 1. The van der Waals surface area contributed by atoms with Crippen molar-refractivity contribution in [1.29, 1.82) is 0 Å². The Balaban J connectivity index is 2.03. The fraction of sp³-hybridized carbons (Fsp3) is 0.423. The molecule has 2 aromatic carbocycles. The number of carbonyl (C=O) groups is 3. The van der Waals surface area contributed by atoms with Gasteiger partial charge < -0.3 is 10.6 Å². The molecule has 0 bridgehead atoms. The SMILES string of the molecule is CSCC(=O)[C@H](Cc1ccccc1)NC(=O)[C@H](CC(C)C)NC(=O)CCc1ccccc1. The van der Waals surface area contributed by atoms with Gasteiger partial charge in [0.05, 0.1) is 11.8 Å². The summed E-state index contributed by atoms with van der Waals surface area (Å²) in [7, 11) is 0. The highest BCUT2D eigenvalue weighted by atomic mass is 32.2. The van der Waals surface area contributed by atoms with Crippen LogP contribution in [0.5, 0.6) is 0 Å². The molecule has 0 unspecified atom stereocenters. The van der Waals surface area contributed by atoms with Gasteiger partial charge in [-0.3, -0.25) is 14.4 Å². The van der Waals surface area contributed by atoms with E-state index in [0.29, 0.717) is 31.4 Å². The smallest absolute Gasteiger partial charge is 0.243 e. The van der Waals surface area contributed by atoms with E-state index in [4.69, 9.17) is 0 Å². The molecule has 32 heavy (non-hydrogen) atoms. The van der Waals surface area contributed by atoms with Crippen molar-refractivity contribution < 1.29 is 14.4 Å². The third-order valence-corrected chi connectivity index (χ3v) is 5.69. The maximum atomic E-state index is 13.1. The molecule has 2 atom stereocenters. The second-order valence-electron chi connectivity index (χ2n) is 8.39. The summed E-state index contributed by atoms with van der Waals surface area (Å²) in [4.78, 5) is 38.4. The number of rotatable bonds is 13. The van der Waals surface area contributed by atoms with Gasteiger partial charge in [-0.1, -0.05) is 74.5 Å². The summed E-state index contributed by atoms with van der Waals surface area (Å²) in [6.45, 7) is 4.02. The summed E-state index contributed by atoms with van der Waals surface area (Å²) in [5.41, 5.74) is 2.07. The van der Waals surface area contributed by atoms with Gasteiger partial charge in [-0.25, -0.2) is 0 Å². The summed E-state index contributed by atoms with van der Waals surface area (Å²) in [6, 6.07) is 18.2. The lowest BCUT2D eigenvalue weighted by Crippen LogP contribution is -2.53.